The quantitative estimate of drug-likeness (QED) is 0.356. The Labute approximate surface area is 197 Å². The summed E-state index contributed by atoms with van der Waals surface area (Å²) >= 11 is 0. The molecule has 0 N–H and O–H groups in total. The van der Waals surface area contributed by atoms with Crippen LogP contribution in [0.15, 0.2) is 48.5 Å². The predicted octanol–water partition coefficient (Wildman–Crippen LogP) is 5.81. The Morgan fingerprint density at radius 3 is 1.91 bits per heavy atom. The Bertz CT molecular complexity index is 935. The van der Waals surface area contributed by atoms with E-state index in [0.717, 1.165) is 11.3 Å². The molecule has 1 atom stereocenters. The van der Waals surface area contributed by atoms with Gasteiger partial charge in [-0.1, -0.05) is 32.9 Å². The highest BCUT2D eigenvalue weighted by atomic mass is 28.4. The van der Waals surface area contributed by atoms with E-state index in [9.17, 15) is 9.59 Å². The monoisotopic (exact) mass is 473 g/mol. The molecule has 180 valence electrons. The molecule has 0 spiro atoms. The number of esters is 1. The lowest BCUT2D eigenvalue weighted by molar-refractivity contribution is -0.141. The lowest BCUT2D eigenvalue weighted by Gasteiger charge is -2.36. The van der Waals surface area contributed by atoms with Gasteiger partial charge in [-0.15, -0.1) is 0 Å². The van der Waals surface area contributed by atoms with Crippen LogP contribution in [0.2, 0.25) is 18.1 Å². The summed E-state index contributed by atoms with van der Waals surface area (Å²) in [5, 5.41) is 0.0848. The molecule has 2 aromatic rings. The van der Waals surface area contributed by atoms with Crippen LogP contribution in [-0.4, -0.2) is 46.0 Å². The van der Waals surface area contributed by atoms with Crippen molar-refractivity contribution in [3.63, 3.8) is 0 Å². The van der Waals surface area contributed by atoms with Crippen LogP contribution in [-0.2, 0) is 9.53 Å². The van der Waals surface area contributed by atoms with Gasteiger partial charge < -0.3 is 18.6 Å². The number of ether oxygens (including phenoxy) is 3. The second-order valence-corrected chi connectivity index (χ2v) is 14.1. The summed E-state index contributed by atoms with van der Waals surface area (Å²) < 4.78 is 21.7. The average Bonchev–Trinajstić information content (AvgIpc) is 2.76. The molecule has 0 radical (unpaired) electrons. The van der Waals surface area contributed by atoms with Gasteiger partial charge in [-0.05, 0) is 67.0 Å². The van der Waals surface area contributed by atoms with Crippen LogP contribution in [0, 0.1) is 0 Å². The average molecular weight is 474 g/mol. The third-order valence-electron chi connectivity index (χ3n) is 6.04. The van der Waals surface area contributed by atoms with Crippen molar-refractivity contribution in [3.8, 4) is 17.2 Å². The van der Waals surface area contributed by atoms with Crippen LogP contribution in [0.5, 0.6) is 17.2 Å². The fourth-order valence-corrected chi connectivity index (χ4v) is 3.84. The first-order valence-electron chi connectivity index (χ1n) is 10.9. The third-order valence-corrected chi connectivity index (χ3v) is 10.4. The zero-order chi connectivity index (χ0) is 24.8. The fraction of sp³-hybridized carbons (Fsp3) is 0.440. The molecule has 0 saturated heterocycles. The van der Waals surface area contributed by atoms with Crippen molar-refractivity contribution >= 4 is 20.4 Å². The summed E-state index contributed by atoms with van der Waals surface area (Å²) in [4.78, 5) is 26.3. The first-order valence-corrected chi connectivity index (χ1v) is 13.8. The van der Waals surface area contributed by atoms with Crippen LogP contribution in [0.25, 0.3) is 0 Å². The number of amides is 1. The molecular weight excluding hydrogens is 438 g/mol. The van der Waals surface area contributed by atoms with E-state index in [2.05, 4.69) is 33.9 Å². The highest BCUT2D eigenvalue weighted by Gasteiger charge is 2.39. The van der Waals surface area contributed by atoms with E-state index in [4.69, 9.17) is 18.6 Å². The van der Waals surface area contributed by atoms with Crippen molar-refractivity contribution in [1.82, 2.24) is 4.90 Å². The standard InChI is InChI=1S/C25H35NO6Si/c1-18(19-9-11-22(12-10-19)32-33(7,8)25(2,3)4)26(17-23(27)30-6)24(28)31-21-15-13-20(29-5)14-16-21/h9-16,18H,17H2,1-8H3/t18-/m0/s1. The van der Waals surface area contributed by atoms with E-state index in [1.54, 1.807) is 31.4 Å². The molecule has 0 heterocycles. The second-order valence-electron chi connectivity index (χ2n) is 9.35. The van der Waals surface area contributed by atoms with Gasteiger partial charge in [0.05, 0.1) is 20.3 Å². The summed E-state index contributed by atoms with van der Waals surface area (Å²) in [5.41, 5.74) is 0.841. The number of benzene rings is 2. The van der Waals surface area contributed by atoms with Crippen molar-refractivity contribution in [2.24, 2.45) is 0 Å². The van der Waals surface area contributed by atoms with Crippen molar-refractivity contribution < 1.29 is 28.2 Å². The highest BCUT2D eigenvalue weighted by Crippen LogP contribution is 2.37. The third kappa shape index (κ3) is 6.99. The van der Waals surface area contributed by atoms with E-state index in [1.165, 1.54) is 12.0 Å². The second kappa shape index (κ2) is 10.7. The maximum absolute atomic E-state index is 12.9. The van der Waals surface area contributed by atoms with Gasteiger partial charge in [-0.3, -0.25) is 9.69 Å². The number of hydrogen-bond donors (Lipinski definition) is 0. The normalized spacial score (nSPS) is 12.5. The molecule has 0 fully saturated rings. The van der Waals surface area contributed by atoms with Crippen LogP contribution < -0.4 is 13.9 Å². The Balaban J connectivity index is 2.20. The van der Waals surface area contributed by atoms with Gasteiger partial charge in [0.1, 0.15) is 23.8 Å². The number of hydrogen-bond acceptors (Lipinski definition) is 6. The summed E-state index contributed by atoms with van der Waals surface area (Å²) in [5.74, 6) is 1.25. The number of methoxy groups -OCH3 is 2. The van der Waals surface area contributed by atoms with Gasteiger partial charge in [0.2, 0.25) is 8.32 Å². The van der Waals surface area contributed by atoms with Gasteiger partial charge in [-0.25, -0.2) is 4.79 Å². The van der Waals surface area contributed by atoms with Crippen molar-refractivity contribution in [2.75, 3.05) is 20.8 Å². The number of rotatable bonds is 8. The molecule has 1 amide bonds. The first kappa shape index (κ1) is 26.3. The zero-order valence-corrected chi connectivity index (χ0v) is 21.8. The molecule has 7 nitrogen and oxygen atoms in total. The van der Waals surface area contributed by atoms with Crippen LogP contribution in [0.4, 0.5) is 4.79 Å². The maximum Gasteiger partial charge on any atom is 0.416 e. The van der Waals surface area contributed by atoms with E-state index in [-0.39, 0.29) is 11.6 Å². The van der Waals surface area contributed by atoms with Crippen molar-refractivity contribution in [2.45, 2.75) is 51.9 Å². The number of carbonyl (C=O) groups is 2. The predicted molar refractivity (Wildman–Crippen MR) is 130 cm³/mol. The van der Waals surface area contributed by atoms with Crippen LogP contribution >= 0.6 is 0 Å². The molecule has 0 aliphatic rings. The minimum atomic E-state index is -1.96. The lowest BCUT2D eigenvalue weighted by Crippen LogP contribution is -2.43. The fourth-order valence-electron chi connectivity index (χ4n) is 2.81. The van der Waals surface area contributed by atoms with Crippen LogP contribution in [0.3, 0.4) is 0 Å². The molecule has 0 saturated carbocycles. The number of nitrogens with zero attached hydrogens (tertiary/aromatic N) is 1. The molecule has 0 aliphatic heterocycles. The first-order chi connectivity index (χ1) is 15.4. The SMILES string of the molecule is COC(=O)CN(C(=O)Oc1ccc(OC)cc1)[C@@H](C)c1ccc(O[Si](C)(C)C(C)(C)C)cc1. The van der Waals surface area contributed by atoms with E-state index >= 15 is 0 Å². The van der Waals surface area contributed by atoms with Gasteiger partial charge >= 0.3 is 12.1 Å². The minimum absolute atomic E-state index is 0.0848. The molecule has 0 aromatic heterocycles. The largest absolute Gasteiger partial charge is 0.544 e. The smallest absolute Gasteiger partial charge is 0.416 e. The van der Waals surface area contributed by atoms with Crippen molar-refractivity contribution in [3.05, 3.63) is 54.1 Å². The van der Waals surface area contributed by atoms with Crippen molar-refractivity contribution in [1.29, 1.82) is 0 Å². The van der Waals surface area contributed by atoms with Gasteiger partial charge in [0.15, 0.2) is 0 Å². The minimum Gasteiger partial charge on any atom is -0.544 e. The summed E-state index contributed by atoms with van der Waals surface area (Å²) in [6.45, 7) is 12.5. The van der Waals surface area contributed by atoms with E-state index < -0.39 is 26.4 Å². The molecule has 2 aromatic carbocycles. The molecule has 0 unspecified atom stereocenters. The molecule has 2 rings (SSSR count). The molecular formula is C25H35NO6Si. The number of carbonyl (C=O) groups excluding carboxylic acids is 2. The maximum atomic E-state index is 12.9. The van der Waals surface area contributed by atoms with E-state index in [1.807, 2.05) is 31.2 Å². The zero-order valence-electron chi connectivity index (χ0n) is 20.8. The lowest BCUT2D eigenvalue weighted by atomic mass is 10.1. The summed E-state index contributed by atoms with van der Waals surface area (Å²) in [6, 6.07) is 13.8. The topological polar surface area (TPSA) is 74.3 Å². The van der Waals surface area contributed by atoms with Gasteiger partial charge in [0, 0.05) is 0 Å². The molecule has 0 aliphatic carbocycles. The Morgan fingerprint density at radius 1 is 0.909 bits per heavy atom. The molecule has 0 bridgehead atoms. The molecule has 8 heteroatoms. The van der Waals surface area contributed by atoms with Gasteiger partial charge in [0.25, 0.3) is 0 Å². The summed E-state index contributed by atoms with van der Waals surface area (Å²) in [7, 11) is 0.882. The highest BCUT2D eigenvalue weighted by molar-refractivity contribution is 6.74. The Hall–Kier alpha value is -3.00. The van der Waals surface area contributed by atoms with Crippen LogP contribution in [0.1, 0.15) is 39.3 Å². The molecule has 33 heavy (non-hydrogen) atoms. The van der Waals surface area contributed by atoms with E-state index in [0.29, 0.717) is 11.5 Å². The summed E-state index contributed by atoms with van der Waals surface area (Å²) in [6.07, 6.45) is -0.653. The Kier molecular flexibility index (Phi) is 8.55. The Morgan fingerprint density at radius 2 is 1.42 bits per heavy atom. The van der Waals surface area contributed by atoms with Gasteiger partial charge in [-0.2, -0.15) is 0 Å².